The molecule has 0 bridgehead atoms. The van der Waals surface area contributed by atoms with E-state index < -0.39 is 18.0 Å². The van der Waals surface area contributed by atoms with Crippen molar-refractivity contribution in [3.63, 3.8) is 0 Å². The fourth-order valence-electron chi connectivity index (χ4n) is 2.45. The standard InChI is InChI=1S/C15H25N5O4/c1-3-9(2)13(16)14(22)19-18-11-6-7-20(15(23)17-11)12-5-4-10(8-21)24-12/h6-7,9-10,12-13,21H,3-5,8,16H2,1-2H3,(H,19,22)(H,17,18,23)/t9-,10-,12+,13-/m0/s1. The molecule has 24 heavy (non-hydrogen) atoms. The summed E-state index contributed by atoms with van der Waals surface area (Å²) < 4.78 is 6.92. The lowest BCUT2D eigenvalue weighted by atomic mass is 10.00. The van der Waals surface area contributed by atoms with Crippen LogP contribution in [0.3, 0.4) is 0 Å². The molecule has 5 N–H and O–H groups in total. The van der Waals surface area contributed by atoms with Gasteiger partial charge in [-0.3, -0.25) is 20.2 Å². The second kappa shape index (κ2) is 8.22. The lowest BCUT2D eigenvalue weighted by Crippen LogP contribution is -2.46. The van der Waals surface area contributed by atoms with Gasteiger partial charge >= 0.3 is 5.69 Å². The van der Waals surface area contributed by atoms with E-state index in [0.717, 1.165) is 6.42 Å². The van der Waals surface area contributed by atoms with Crippen molar-refractivity contribution in [1.82, 2.24) is 15.0 Å². The van der Waals surface area contributed by atoms with E-state index in [2.05, 4.69) is 15.8 Å². The summed E-state index contributed by atoms with van der Waals surface area (Å²) in [6.07, 6.45) is 2.99. The number of aliphatic hydroxyl groups excluding tert-OH is 1. The molecule has 9 nitrogen and oxygen atoms in total. The maximum atomic E-state index is 12.1. The number of hydrogen-bond acceptors (Lipinski definition) is 7. The third-order valence-electron chi connectivity index (χ3n) is 4.30. The highest BCUT2D eigenvalue weighted by Crippen LogP contribution is 2.26. The molecular weight excluding hydrogens is 314 g/mol. The summed E-state index contributed by atoms with van der Waals surface area (Å²) in [5.74, 6) is -0.0929. The Hall–Kier alpha value is -1.97. The Labute approximate surface area is 140 Å². The number of rotatable bonds is 7. The average molecular weight is 339 g/mol. The van der Waals surface area contributed by atoms with Crippen LogP contribution in [0.1, 0.15) is 39.3 Å². The zero-order valence-electron chi connectivity index (χ0n) is 13.9. The molecule has 2 rings (SSSR count). The van der Waals surface area contributed by atoms with Crippen LogP contribution in [0.25, 0.3) is 0 Å². The highest BCUT2D eigenvalue weighted by atomic mass is 16.5. The molecule has 1 saturated heterocycles. The second-order valence-electron chi connectivity index (χ2n) is 6.00. The molecule has 0 spiro atoms. The van der Waals surface area contributed by atoms with Gasteiger partial charge in [0, 0.05) is 6.20 Å². The average Bonchev–Trinajstić information content (AvgIpc) is 3.07. The van der Waals surface area contributed by atoms with Crippen molar-refractivity contribution in [3.05, 3.63) is 22.7 Å². The van der Waals surface area contributed by atoms with E-state index in [1.807, 2.05) is 13.8 Å². The van der Waals surface area contributed by atoms with E-state index in [4.69, 9.17) is 15.6 Å². The zero-order valence-corrected chi connectivity index (χ0v) is 13.9. The number of ether oxygens (including phenoxy) is 1. The van der Waals surface area contributed by atoms with E-state index in [1.54, 1.807) is 12.3 Å². The monoisotopic (exact) mass is 339 g/mol. The molecule has 2 heterocycles. The normalized spacial score (nSPS) is 22.8. The van der Waals surface area contributed by atoms with Gasteiger partial charge in [-0.15, -0.1) is 0 Å². The molecule has 1 amide bonds. The number of aromatic nitrogens is 2. The van der Waals surface area contributed by atoms with Crippen molar-refractivity contribution >= 4 is 11.7 Å². The molecule has 1 aromatic heterocycles. The van der Waals surface area contributed by atoms with Crippen molar-refractivity contribution < 1.29 is 14.6 Å². The molecule has 1 aliphatic rings. The van der Waals surface area contributed by atoms with Crippen LogP contribution in [0, 0.1) is 5.92 Å². The highest BCUT2D eigenvalue weighted by molar-refractivity contribution is 5.82. The molecule has 134 valence electrons. The van der Waals surface area contributed by atoms with Crippen LogP contribution in [-0.4, -0.2) is 39.3 Å². The molecule has 0 saturated carbocycles. The van der Waals surface area contributed by atoms with Crippen LogP contribution >= 0.6 is 0 Å². The van der Waals surface area contributed by atoms with Gasteiger partial charge < -0.3 is 15.6 Å². The van der Waals surface area contributed by atoms with E-state index in [9.17, 15) is 9.59 Å². The topological polar surface area (TPSA) is 132 Å². The molecule has 0 unspecified atom stereocenters. The molecule has 0 aromatic carbocycles. The van der Waals surface area contributed by atoms with E-state index in [1.165, 1.54) is 4.57 Å². The first kappa shape index (κ1) is 18.4. The first-order chi connectivity index (χ1) is 11.5. The Morgan fingerprint density at radius 3 is 2.92 bits per heavy atom. The molecule has 9 heteroatoms. The van der Waals surface area contributed by atoms with Crippen LogP contribution in [0.5, 0.6) is 0 Å². The van der Waals surface area contributed by atoms with Crippen molar-refractivity contribution in [2.45, 2.75) is 51.5 Å². The van der Waals surface area contributed by atoms with Crippen LogP contribution in [0.2, 0.25) is 0 Å². The van der Waals surface area contributed by atoms with Crippen LogP contribution < -0.4 is 22.3 Å². The third kappa shape index (κ3) is 4.31. The van der Waals surface area contributed by atoms with Gasteiger partial charge in [0.15, 0.2) is 5.82 Å². The summed E-state index contributed by atoms with van der Waals surface area (Å²) >= 11 is 0. The van der Waals surface area contributed by atoms with Gasteiger partial charge in [-0.25, -0.2) is 4.79 Å². The van der Waals surface area contributed by atoms with Crippen molar-refractivity contribution in [2.75, 3.05) is 12.0 Å². The molecule has 0 aliphatic carbocycles. The third-order valence-corrected chi connectivity index (χ3v) is 4.30. The summed E-state index contributed by atoms with van der Waals surface area (Å²) in [7, 11) is 0. The number of hydrogen-bond donors (Lipinski definition) is 4. The Bertz CT molecular complexity index is 620. The van der Waals surface area contributed by atoms with Gasteiger partial charge in [-0.05, 0) is 24.8 Å². The number of aliphatic hydroxyl groups is 1. The van der Waals surface area contributed by atoms with Gasteiger partial charge in [0.2, 0.25) is 0 Å². The largest absolute Gasteiger partial charge is 0.394 e. The first-order valence-electron chi connectivity index (χ1n) is 8.13. The fraction of sp³-hybridized carbons (Fsp3) is 0.667. The smallest absolute Gasteiger partial charge is 0.351 e. The maximum absolute atomic E-state index is 12.1. The first-order valence-corrected chi connectivity index (χ1v) is 8.13. The van der Waals surface area contributed by atoms with Crippen molar-refractivity contribution in [2.24, 2.45) is 11.7 Å². The second-order valence-corrected chi connectivity index (χ2v) is 6.00. The number of nitrogens with two attached hydrogens (primary N) is 1. The summed E-state index contributed by atoms with van der Waals surface area (Å²) in [6, 6.07) is 0.927. The number of carbonyl (C=O) groups is 1. The van der Waals surface area contributed by atoms with Crippen LogP contribution in [-0.2, 0) is 9.53 Å². The van der Waals surface area contributed by atoms with Gasteiger partial charge in [-0.1, -0.05) is 20.3 Å². The molecule has 1 aromatic rings. The predicted molar refractivity (Wildman–Crippen MR) is 87.9 cm³/mol. The lowest BCUT2D eigenvalue weighted by Gasteiger charge is -2.18. The number of carbonyl (C=O) groups excluding carboxylic acids is 1. The molecule has 1 fully saturated rings. The summed E-state index contributed by atoms with van der Waals surface area (Å²) in [6.45, 7) is 3.78. The lowest BCUT2D eigenvalue weighted by molar-refractivity contribution is -0.122. The zero-order chi connectivity index (χ0) is 17.7. The quantitative estimate of drug-likeness (QED) is 0.503. The van der Waals surface area contributed by atoms with Crippen LogP contribution in [0.15, 0.2) is 17.1 Å². The molecular formula is C15H25N5O4. The van der Waals surface area contributed by atoms with Gasteiger partial charge in [0.25, 0.3) is 5.91 Å². The Morgan fingerprint density at radius 2 is 2.33 bits per heavy atom. The van der Waals surface area contributed by atoms with Gasteiger partial charge in [-0.2, -0.15) is 4.98 Å². The Morgan fingerprint density at radius 1 is 1.58 bits per heavy atom. The molecule has 1 aliphatic heterocycles. The number of nitrogens with one attached hydrogen (secondary N) is 2. The predicted octanol–water partition coefficient (Wildman–Crippen LogP) is -0.270. The minimum atomic E-state index is -0.634. The van der Waals surface area contributed by atoms with E-state index >= 15 is 0 Å². The fourth-order valence-corrected chi connectivity index (χ4v) is 2.45. The Balaban J connectivity index is 1.95. The van der Waals surface area contributed by atoms with Crippen LogP contribution in [0.4, 0.5) is 5.82 Å². The van der Waals surface area contributed by atoms with Gasteiger partial charge in [0.05, 0.1) is 18.8 Å². The minimum Gasteiger partial charge on any atom is -0.394 e. The Kier molecular flexibility index (Phi) is 6.29. The summed E-state index contributed by atoms with van der Waals surface area (Å²) in [5.41, 5.74) is 10.4. The number of anilines is 1. The van der Waals surface area contributed by atoms with Crippen molar-refractivity contribution in [3.8, 4) is 0 Å². The highest BCUT2D eigenvalue weighted by Gasteiger charge is 2.26. The SMILES string of the molecule is CC[C@H](C)[C@H](N)C(=O)NNc1ccn([C@H]2CC[C@@H](CO)O2)c(=O)n1. The van der Waals surface area contributed by atoms with Crippen molar-refractivity contribution in [1.29, 1.82) is 0 Å². The van der Waals surface area contributed by atoms with E-state index in [0.29, 0.717) is 12.8 Å². The summed E-state index contributed by atoms with van der Waals surface area (Å²) in [4.78, 5) is 27.8. The molecule has 4 atom stereocenters. The number of hydrazine groups is 1. The minimum absolute atomic E-state index is 0.0479. The number of amides is 1. The van der Waals surface area contributed by atoms with E-state index in [-0.39, 0.29) is 30.4 Å². The summed E-state index contributed by atoms with van der Waals surface area (Å²) in [5, 5.41) is 9.08. The molecule has 0 radical (unpaired) electrons. The number of nitrogens with zero attached hydrogens (tertiary/aromatic N) is 2. The maximum Gasteiger partial charge on any atom is 0.351 e. The van der Waals surface area contributed by atoms with Gasteiger partial charge in [0.1, 0.15) is 6.23 Å².